The zero-order valence-corrected chi connectivity index (χ0v) is 8.18. The summed E-state index contributed by atoms with van der Waals surface area (Å²) in [6.07, 6.45) is 0. The summed E-state index contributed by atoms with van der Waals surface area (Å²) >= 11 is 0. The van der Waals surface area contributed by atoms with Crippen molar-refractivity contribution in [3.8, 4) is 5.75 Å². The molecule has 0 saturated carbocycles. The van der Waals surface area contributed by atoms with E-state index in [4.69, 9.17) is 0 Å². The van der Waals surface area contributed by atoms with Crippen LogP contribution in [0.1, 0.15) is 16.7 Å². The molecule has 2 heteroatoms. The van der Waals surface area contributed by atoms with Crippen LogP contribution in [0.4, 0.5) is 0 Å². The van der Waals surface area contributed by atoms with Gasteiger partial charge in [0, 0.05) is 0 Å². The van der Waals surface area contributed by atoms with Crippen LogP contribution in [0.3, 0.4) is 0 Å². The number of aryl methyl sites for hydroxylation is 3. The van der Waals surface area contributed by atoms with E-state index in [0.29, 0.717) is 5.75 Å². The summed E-state index contributed by atoms with van der Waals surface area (Å²) in [6, 6.07) is 3.95. The lowest BCUT2D eigenvalue weighted by atomic mass is 10.1. The molecule has 0 saturated heterocycles. The van der Waals surface area contributed by atoms with Crippen LogP contribution < -0.4 is 5.73 Å². The minimum atomic E-state index is 0.422. The van der Waals surface area contributed by atoms with Gasteiger partial charge in [0.25, 0.3) is 0 Å². The molecule has 12 heavy (non-hydrogen) atoms. The number of benzene rings is 1. The highest BCUT2D eigenvalue weighted by Crippen LogP contribution is 2.21. The fourth-order valence-corrected chi connectivity index (χ4v) is 1.17. The molecule has 1 rings (SSSR count). The van der Waals surface area contributed by atoms with Gasteiger partial charge in [-0.25, -0.2) is 0 Å². The van der Waals surface area contributed by atoms with Gasteiger partial charge in [-0.1, -0.05) is 17.7 Å². The van der Waals surface area contributed by atoms with E-state index in [2.05, 4.69) is 5.73 Å². The zero-order valence-electron chi connectivity index (χ0n) is 8.18. The third kappa shape index (κ3) is 2.55. The van der Waals surface area contributed by atoms with E-state index in [1.165, 1.54) is 12.6 Å². The summed E-state index contributed by atoms with van der Waals surface area (Å²) in [5.41, 5.74) is 7.61. The topological polar surface area (TPSA) is 46.2 Å². The van der Waals surface area contributed by atoms with Crippen LogP contribution in [-0.2, 0) is 0 Å². The van der Waals surface area contributed by atoms with Crippen molar-refractivity contribution >= 4 is 0 Å². The van der Waals surface area contributed by atoms with Crippen LogP contribution in [0, 0.1) is 20.8 Å². The second-order valence-corrected chi connectivity index (χ2v) is 2.75. The molecule has 0 heterocycles. The molecule has 3 N–H and O–H groups in total. The molecule has 0 aromatic heterocycles. The Kier molecular flexibility index (Phi) is 4.37. The molecule has 0 fully saturated rings. The predicted octanol–water partition coefficient (Wildman–Crippen LogP) is 1.89. The van der Waals surface area contributed by atoms with Crippen molar-refractivity contribution < 1.29 is 5.11 Å². The van der Waals surface area contributed by atoms with Crippen molar-refractivity contribution in [1.82, 2.24) is 0 Å². The van der Waals surface area contributed by atoms with Crippen molar-refractivity contribution in [2.24, 2.45) is 5.73 Å². The van der Waals surface area contributed by atoms with E-state index in [9.17, 15) is 5.11 Å². The molecule has 0 unspecified atom stereocenters. The first kappa shape index (κ1) is 11.0. The van der Waals surface area contributed by atoms with Crippen molar-refractivity contribution in [1.29, 1.82) is 0 Å². The summed E-state index contributed by atoms with van der Waals surface area (Å²) in [4.78, 5) is 0. The summed E-state index contributed by atoms with van der Waals surface area (Å²) in [6.45, 7) is 5.85. The van der Waals surface area contributed by atoms with Gasteiger partial charge >= 0.3 is 0 Å². The third-order valence-corrected chi connectivity index (χ3v) is 1.64. The molecular formula is C10H17NO. The van der Waals surface area contributed by atoms with E-state index in [1.54, 1.807) is 0 Å². The quantitative estimate of drug-likeness (QED) is 0.620. The van der Waals surface area contributed by atoms with Gasteiger partial charge in [-0.05, 0) is 38.9 Å². The summed E-state index contributed by atoms with van der Waals surface area (Å²) in [5, 5.41) is 9.33. The average molecular weight is 167 g/mol. The minimum absolute atomic E-state index is 0.422. The molecule has 68 valence electrons. The van der Waals surface area contributed by atoms with Gasteiger partial charge in [0.2, 0.25) is 0 Å². The second-order valence-electron chi connectivity index (χ2n) is 2.75. The van der Waals surface area contributed by atoms with E-state index < -0.39 is 0 Å². The Balaban J connectivity index is 0.000000561. The van der Waals surface area contributed by atoms with Gasteiger partial charge in [-0.3, -0.25) is 0 Å². The van der Waals surface area contributed by atoms with Crippen molar-refractivity contribution in [2.75, 3.05) is 7.05 Å². The molecule has 0 aliphatic rings. The van der Waals surface area contributed by atoms with Crippen molar-refractivity contribution in [3.63, 3.8) is 0 Å². The summed E-state index contributed by atoms with van der Waals surface area (Å²) < 4.78 is 0. The molecule has 0 aliphatic heterocycles. The lowest BCUT2D eigenvalue weighted by Crippen LogP contribution is -1.81. The highest BCUT2D eigenvalue weighted by atomic mass is 16.3. The van der Waals surface area contributed by atoms with Gasteiger partial charge in [0.05, 0.1) is 0 Å². The number of rotatable bonds is 0. The largest absolute Gasteiger partial charge is 0.507 e. The first-order chi connectivity index (χ1) is 5.61. The van der Waals surface area contributed by atoms with Crippen LogP contribution in [0.15, 0.2) is 12.1 Å². The highest BCUT2D eigenvalue weighted by Gasteiger charge is 1.98. The molecule has 0 spiro atoms. The number of phenols is 1. The Morgan fingerprint density at radius 3 is 1.67 bits per heavy atom. The van der Waals surface area contributed by atoms with Gasteiger partial charge in [0.1, 0.15) is 5.75 Å². The molecule has 0 radical (unpaired) electrons. The maximum atomic E-state index is 9.33. The SMILES string of the molecule is CN.Cc1cc(C)c(O)c(C)c1. The molecule has 0 atom stereocenters. The van der Waals surface area contributed by atoms with Gasteiger partial charge in [0.15, 0.2) is 0 Å². The molecular weight excluding hydrogens is 150 g/mol. The Morgan fingerprint density at radius 1 is 1.00 bits per heavy atom. The molecule has 1 aromatic rings. The molecule has 0 amide bonds. The van der Waals surface area contributed by atoms with Gasteiger partial charge < -0.3 is 10.8 Å². The number of aromatic hydroxyl groups is 1. The molecule has 2 nitrogen and oxygen atoms in total. The van der Waals surface area contributed by atoms with E-state index >= 15 is 0 Å². The second kappa shape index (κ2) is 4.78. The minimum Gasteiger partial charge on any atom is -0.507 e. The molecule has 0 bridgehead atoms. The monoisotopic (exact) mass is 167 g/mol. The van der Waals surface area contributed by atoms with Crippen molar-refractivity contribution in [3.05, 3.63) is 28.8 Å². The normalized spacial score (nSPS) is 8.75. The summed E-state index contributed by atoms with van der Waals surface area (Å²) in [7, 11) is 1.50. The predicted molar refractivity (Wildman–Crippen MR) is 52.4 cm³/mol. The van der Waals surface area contributed by atoms with Crippen LogP contribution >= 0.6 is 0 Å². The fraction of sp³-hybridized carbons (Fsp3) is 0.400. The van der Waals surface area contributed by atoms with Crippen LogP contribution in [0.5, 0.6) is 5.75 Å². The number of phenolic OH excluding ortho intramolecular Hbond substituents is 1. The first-order valence-electron chi connectivity index (χ1n) is 3.96. The van der Waals surface area contributed by atoms with Crippen LogP contribution in [0.25, 0.3) is 0 Å². The molecule has 1 aromatic carbocycles. The zero-order chi connectivity index (χ0) is 9.72. The van der Waals surface area contributed by atoms with E-state index in [0.717, 1.165) is 11.1 Å². The number of hydrogen-bond acceptors (Lipinski definition) is 2. The van der Waals surface area contributed by atoms with Gasteiger partial charge in [-0.2, -0.15) is 0 Å². The van der Waals surface area contributed by atoms with Crippen molar-refractivity contribution in [2.45, 2.75) is 20.8 Å². The average Bonchev–Trinajstić information content (AvgIpc) is 2.04. The van der Waals surface area contributed by atoms with E-state index in [1.807, 2.05) is 32.9 Å². The number of hydrogen-bond donors (Lipinski definition) is 2. The Hall–Kier alpha value is -1.02. The van der Waals surface area contributed by atoms with Crippen LogP contribution in [0.2, 0.25) is 0 Å². The fourth-order valence-electron chi connectivity index (χ4n) is 1.17. The van der Waals surface area contributed by atoms with E-state index in [-0.39, 0.29) is 0 Å². The first-order valence-corrected chi connectivity index (χ1v) is 3.96. The Bertz CT molecular complexity index is 233. The van der Waals surface area contributed by atoms with Gasteiger partial charge in [-0.15, -0.1) is 0 Å². The molecule has 0 aliphatic carbocycles. The Morgan fingerprint density at radius 2 is 1.33 bits per heavy atom. The maximum absolute atomic E-state index is 9.33. The standard InChI is InChI=1S/C9H12O.CH5N/c1-6-4-7(2)9(10)8(3)5-6;1-2/h4-5,10H,1-3H3;2H2,1H3. The smallest absolute Gasteiger partial charge is 0.121 e. The number of nitrogens with two attached hydrogens (primary N) is 1. The third-order valence-electron chi connectivity index (χ3n) is 1.64. The summed E-state index contributed by atoms with van der Waals surface area (Å²) in [5.74, 6) is 0.422. The lowest BCUT2D eigenvalue weighted by Gasteiger charge is -2.03. The Labute approximate surface area is 74.0 Å². The highest BCUT2D eigenvalue weighted by molar-refractivity contribution is 5.41. The maximum Gasteiger partial charge on any atom is 0.121 e. The lowest BCUT2D eigenvalue weighted by molar-refractivity contribution is 0.466. The van der Waals surface area contributed by atoms with Crippen LogP contribution in [-0.4, -0.2) is 12.2 Å².